The number of aryl methyl sites for hydroxylation is 1. The highest BCUT2D eigenvalue weighted by Crippen LogP contribution is 2.33. The first-order valence-electron chi connectivity index (χ1n) is 10.7. The number of carbonyl (C=O) groups is 1. The predicted molar refractivity (Wildman–Crippen MR) is 108 cm³/mol. The van der Waals surface area contributed by atoms with Crippen LogP contribution in [0.1, 0.15) is 41.2 Å². The monoisotopic (exact) mass is 421 g/mol. The van der Waals surface area contributed by atoms with Gasteiger partial charge in [0.1, 0.15) is 0 Å². The summed E-state index contributed by atoms with van der Waals surface area (Å²) in [5.41, 5.74) is -0.369. The Morgan fingerprint density at radius 2 is 2.14 bits per heavy atom. The molecule has 0 saturated carbocycles. The van der Waals surface area contributed by atoms with E-state index in [0.717, 1.165) is 23.3 Å². The van der Waals surface area contributed by atoms with Gasteiger partial charge in [-0.15, -0.1) is 0 Å². The summed E-state index contributed by atoms with van der Waals surface area (Å²) in [6.07, 6.45) is -0.925. The average molecular weight is 421 g/mol. The quantitative estimate of drug-likeness (QED) is 0.609. The number of halogens is 2. The highest BCUT2D eigenvalue weighted by Gasteiger charge is 2.33. The van der Waals surface area contributed by atoms with E-state index in [1.165, 1.54) is 0 Å². The number of fused-ring (bicyclic) bond motifs is 1. The van der Waals surface area contributed by atoms with Crippen LogP contribution < -0.4 is 10.5 Å². The molecule has 0 amide bonds. The van der Waals surface area contributed by atoms with Gasteiger partial charge >= 0.3 is 0 Å². The molecule has 0 spiro atoms. The summed E-state index contributed by atoms with van der Waals surface area (Å²) in [4.78, 5) is 35.2. The van der Waals surface area contributed by atoms with Crippen molar-refractivity contribution in [1.82, 2.24) is 14.5 Å². The van der Waals surface area contributed by atoms with Crippen LogP contribution in [-0.2, 0) is 18.2 Å². The smallest absolute Gasteiger partial charge is 0.295 e. The molecule has 1 saturated heterocycles. The molecule has 1 fully saturated rings. The lowest BCUT2D eigenvalue weighted by atomic mass is 10.0. The van der Waals surface area contributed by atoms with E-state index in [2.05, 4.69) is 9.97 Å². The molecule has 1 aromatic carbocycles. The van der Waals surface area contributed by atoms with Gasteiger partial charge in [0.2, 0.25) is 0 Å². The molecule has 9 heteroatoms. The van der Waals surface area contributed by atoms with Gasteiger partial charge in [0.25, 0.3) is 12.0 Å². The molecule has 0 N–H and O–H groups in total. The van der Waals surface area contributed by atoms with Gasteiger partial charge in [-0.3, -0.25) is 14.2 Å². The van der Waals surface area contributed by atoms with Crippen molar-refractivity contribution in [2.75, 3.05) is 11.4 Å². The van der Waals surface area contributed by atoms with Crippen LogP contribution in [0.3, 0.4) is 0 Å². The first-order valence-corrected chi connectivity index (χ1v) is 10.0. The molecular weight excluding hydrogens is 398 g/mol. The normalized spacial score (nSPS) is 18.8. The van der Waals surface area contributed by atoms with Gasteiger partial charge in [-0.05, 0) is 24.8 Å². The summed E-state index contributed by atoms with van der Waals surface area (Å²) >= 11 is 0.916. The summed E-state index contributed by atoms with van der Waals surface area (Å²) in [6.45, 7) is -2.59. The van der Waals surface area contributed by atoms with Gasteiger partial charge in [0.05, 0.1) is 6.04 Å². The first kappa shape index (κ1) is 16.2. The summed E-state index contributed by atoms with van der Waals surface area (Å²) in [6, 6.07) is 9.21. The third-order valence-corrected chi connectivity index (χ3v) is 6.00. The highest BCUT2D eigenvalue weighted by molar-refractivity contribution is 7.21. The second-order valence-electron chi connectivity index (χ2n) is 6.86. The van der Waals surface area contributed by atoms with Crippen LogP contribution in [0.15, 0.2) is 35.1 Å². The van der Waals surface area contributed by atoms with Crippen molar-refractivity contribution in [3.8, 4) is 0 Å². The number of nitrogens with zero attached hydrogens (tertiary/aromatic N) is 4. The van der Waals surface area contributed by atoms with Crippen molar-refractivity contribution in [3.63, 3.8) is 0 Å². The van der Waals surface area contributed by atoms with Crippen LogP contribution in [0.25, 0.3) is 10.3 Å². The number of hydrogen-bond donors (Lipinski definition) is 0. The zero-order valence-corrected chi connectivity index (χ0v) is 16.2. The van der Waals surface area contributed by atoms with Crippen LogP contribution in [0.4, 0.5) is 13.9 Å². The Bertz CT molecular complexity index is 1200. The van der Waals surface area contributed by atoms with E-state index in [0.29, 0.717) is 30.9 Å². The molecule has 6 nitrogen and oxygen atoms in total. The number of thiazole rings is 1. The standard InChI is InChI=1S/C20H20F2N4O2S/c1-25-17(16(21)22)24-18-15(19(25)28)23-20(29-18)26-11-5-8-13(26)14(27)10-9-12-6-3-2-4-7-12/h2-4,6-7,13,16H,5,8-11H2,1H3/t13-/m1/s1/i1D3. The number of rotatable bonds is 6. The molecule has 2 aromatic heterocycles. The van der Waals surface area contributed by atoms with Crippen molar-refractivity contribution in [3.05, 3.63) is 52.1 Å². The zero-order chi connectivity index (χ0) is 23.0. The van der Waals surface area contributed by atoms with E-state index in [4.69, 9.17) is 4.11 Å². The fraction of sp³-hybridized carbons (Fsp3) is 0.400. The number of Topliss-reactive ketones (excluding diaryl/α,β-unsaturated/α-hetero) is 1. The van der Waals surface area contributed by atoms with E-state index in [-0.39, 0.29) is 20.7 Å². The molecule has 1 aliphatic rings. The molecule has 4 rings (SSSR count). The van der Waals surface area contributed by atoms with Crippen LogP contribution >= 0.6 is 11.3 Å². The van der Waals surface area contributed by atoms with Gasteiger partial charge in [0.15, 0.2) is 27.1 Å². The van der Waals surface area contributed by atoms with Crippen molar-refractivity contribution in [2.24, 2.45) is 6.98 Å². The Labute approximate surface area is 174 Å². The van der Waals surface area contributed by atoms with E-state index < -0.39 is 30.8 Å². The average Bonchev–Trinajstić information content (AvgIpc) is 3.38. The van der Waals surface area contributed by atoms with Crippen LogP contribution in [0, 0.1) is 0 Å². The van der Waals surface area contributed by atoms with Crippen molar-refractivity contribution in [1.29, 1.82) is 0 Å². The second-order valence-corrected chi connectivity index (χ2v) is 7.82. The molecule has 0 unspecified atom stereocenters. The Morgan fingerprint density at radius 1 is 1.34 bits per heavy atom. The Kier molecular flexibility index (Phi) is 4.45. The molecule has 3 heterocycles. The zero-order valence-electron chi connectivity index (χ0n) is 18.3. The van der Waals surface area contributed by atoms with Crippen molar-refractivity contribution >= 4 is 32.6 Å². The molecule has 29 heavy (non-hydrogen) atoms. The molecule has 0 bridgehead atoms. The molecule has 152 valence electrons. The number of aromatic nitrogens is 3. The lowest BCUT2D eigenvalue weighted by molar-refractivity contribution is -0.120. The van der Waals surface area contributed by atoms with Gasteiger partial charge in [-0.2, -0.15) is 0 Å². The van der Waals surface area contributed by atoms with E-state index in [1.54, 1.807) is 4.90 Å². The number of hydrogen-bond acceptors (Lipinski definition) is 6. The Hall–Kier alpha value is -2.68. The lowest BCUT2D eigenvalue weighted by Crippen LogP contribution is -2.36. The molecule has 1 atom stereocenters. The topological polar surface area (TPSA) is 68.1 Å². The van der Waals surface area contributed by atoms with Crippen LogP contribution in [0.2, 0.25) is 0 Å². The minimum absolute atomic E-state index is 0.0238. The number of carbonyl (C=O) groups excluding carboxylic acids is 1. The minimum Gasteiger partial charge on any atom is -0.338 e. The maximum Gasteiger partial charge on any atom is 0.295 e. The van der Waals surface area contributed by atoms with Gasteiger partial charge in [0, 0.05) is 24.1 Å². The number of benzene rings is 1. The summed E-state index contributed by atoms with van der Waals surface area (Å²) < 4.78 is 49.2. The van der Waals surface area contributed by atoms with Crippen molar-refractivity contribution < 1.29 is 17.7 Å². The Balaban J connectivity index is 1.64. The maximum atomic E-state index is 13.4. The summed E-state index contributed by atoms with van der Waals surface area (Å²) in [5.74, 6) is -1.08. The summed E-state index contributed by atoms with van der Waals surface area (Å²) in [5, 5.41) is 0.309. The maximum absolute atomic E-state index is 13.4. The molecule has 1 aliphatic heterocycles. The lowest BCUT2D eigenvalue weighted by Gasteiger charge is -2.22. The largest absolute Gasteiger partial charge is 0.338 e. The molecular formula is C20H20F2N4O2S. The second kappa shape index (κ2) is 7.98. The fourth-order valence-electron chi connectivity index (χ4n) is 3.56. The van der Waals surface area contributed by atoms with E-state index >= 15 is 0 Å². The van der Waals surface area contributed by atoms with Crippen LogP contribution in [-0.4, -0.2) is 32.9 Å². The predicted octanol–water partition coefficient (Wildman–Crippen LogP) is 3.50. The van der Waals surface area contributed by atoms with Gasteiger partial charge < -0.3 is 4.90 Å². The van der Waals surface area contributed by atoms with Gasteiger partial charge in [-0.1, -0.05) is 41.7 Å². The van der Waals surface area contributed by atoms with E-state index in [1.807, 2.05) is 30.3 Å². The molecule has 3 aromatic rings. The van der Waals surface area contributed by atoms with Crippen LogP contribution in [0.5, 0.6) is 0 Å². The van der Waals surface area contributed by atoms with E-state index in [9.17, 15) is 18.4 Å². The SMILES string of the molecule is [2H]C([2H])([2H])n1c(C(F)F)nc2sc(N3CCC[C@@H]3C(=O)CCc3ccccc3)nc2c1=O. The minimum atomic E-state index is -3.24. The third-order valence-electron chi connectivity index (χ3n) is 5.02. The number of alkyl halides is 2. The molecule has 0 aliphatic carbocycles. The summed E-state index contributed by atoms with van der Waals surface area (Å²) in [7, 11) is 0. The van der Waals surface area contributed by atoms with Crippen molar-refractivity contribution in [2.45, 2.75) is 38.2 Å². The Morgan fingerprint density at radius 3 is 2.86 bits per heavy atom. The number of ketones is 1. The third kappa shape index (κ3) is 3.78. The first-order chi connectivity index (χ1) is 15.2. The molecule has 0 radical (unpaired) electrons. The van der Waals surface area contributed by atoms with Gasteiger partial charge in [-0.25, -0.2) is 18.7 Å². The highest BCUT2D eigenvalue weighted by atomic mass is 32.1. The fourth-order valence-corrected chi connectivity index (χ4v) is 4.57. The number of anilines is 1.